The van der Waals surface area contributed by atoms with Crippen molar-refractivity contribution in [2.75, 3.05) is 0 Å². The standard InChI is InChI=1S/C11H14ClF/c1-3-8(2)10-4-9(7-12)5-11(13)6-10/h4-6,8H,3,7H2,1-2H3. The van der Waals surface area contributed by atoms with Crippen LogP contribution in [-0.2, 0) is 5.88 Å². The Hall–Kier alpha value is -0.560. The Labute approximate surface area is 83.7 Å². The van der Waals surface area contributed by atoms with E-state index in [9.17, 15) is 4.39 Å². The predicted molar refractivity (Wildman–Crippen MR) is 54.7 cm³/mol. The van der Waals surface area contributed by atoms with Gasteiger partial charge in [-0.2, -0.15) is 0 Å². The minimum absolute atomic E-state index is 0.187. The van der Waals surface area contributed by atoms with Crippen LogP contribution in [-0.4, -0.2) is 0 Å². The van der Waals surface area contributed by atoms with Crippen LogP contribution in [0.15, 0.2) is 18.2 Å². The molecule has 0 aliphatic rings. The van der Waals surface area contributed by atoms with Crippen LogP contribution >= 0.6 is 11.6 Å². The van der Waals surface area contributed by atoms with Crippen molar-refractivity contribution in [1.82, 2.24) is 0 Å². The highest BCUT2D eigenvalue weighted by Crippen LogP contribution is 2.21. The lowest BCUT2D eigenvalue weighted by atomic mass is 9.97. The van der Waals surface area contributed by atoms with Crippen LogP contribution in [0.1, 0.15) is 37.3 Å². The molecule has 0 radical (unpaired) electrons. The number of halogens is 2. The summed E-state index contributed by atoms with van der Waals surface area (Å²) < 4.78 is 13.1. The molecule has 0 aromatic heterocycles. The molecule has 1 aromatic carbocycles. The number of hydrogen-bond donors (Lipinski definition) is 0. The van der Waals surface area contributed by atoms with Crippen LogP contribution in [0.3, 0.4) is 0 Å². The molecule has 0 spiro atoms. The second kappa shape index (κ2) is 4.61. The molecule has 0 aliphatic heterocycles. The minimum Gasteiger partial charge on any atom is -0.207 e. The van der Waals surface area contributed by atoms with Crippen LogP contribution in [0.25, 0.3) is 0 Å². The third-order valence-electron chi connectivity index (χ3n) is 2.32. The fourth-order valence-corrected chi connectivity index (χ4v) is 1.43. The molecule has 0 amide bonds. The summed E-state index contributed by atoms with van der Waals surface area (Å²) in [7, 11) is 0. The molecule has 0 saturated carbocycles. The molecule has 1 aromatic rings. The van der Waals surface area contributed by atoms with Crippen molar-refractivity contribution in [3.63, 3.8) is 0 Å². The van der Waals surface area contributed by atoms with Crippen LogP contribution in [0, 0.1) is 5.82 Å². The van der Waals surface area contributed by atoms with Crippen molar-refractivity contribution in [3.8, 4) is 0 Å². The molecule has 0 saturated heterocycles. The lowest BCUT2D eigenvalue weighted by Gasteiger charge is -2.10. The van der Waals surface area contributed by atoms with Gasteiger partial charge in [0.25, 0.3) is 0 Å². The van der Waals surface area contributed by atoms with Gasteiger partial charge in [-0.15, -0.1) is 11.6 Å². The lowest BCUT2D eigenvalue weighted by Crippen LogP contribution is -1.94. The van der Waals surface area contributed by atoms with E-state index in [1.165, 1.54) is 6.07 Å². The minimum atomic E-state index is -0.187. The van der Waals surface area contributed by atoms with Gasteiger partial charge in [0, 0.05) is 5.88 Å². The van der Waals surface area contributed by atoms with Gasteiger partial charge in [-0.05, 0) is 35.6 Å². The smallest absolute Gasteiger partial charge is 0.123 e. The summed E-state index contributed by atoms with van der Waals surface area (Å²) >= 11 is 5.65. The quantitative estimate of drug-likeness (QED) is 0.645. The third-order valence-corrected chi connectivity index (χ3v) is 2.62. The summed E-state index contributed by atoms with van der Waals surface area (Å²) in [6.07, 6.45) is 1.02. The average molecular weight is 201 g/mol. The van der Waals surface area contributed by atoms with E-state index >= 15 is 0 Å². The summed E-state index contributed by atoms with van der Waals surface area (Å²) in [6.45, 7) is 4.18. The molecule has 0 aliphatic carbocycles. The first-order chi connectivity index (χ1) is 6.17. The molecule has 1 rings (SSSR count). The zero-order chi connectivity index (χ0) is 9.84. The van der Waals surface area contributed by atoms with Crippen molar-refractivity contribution in [3.05, 3.63) is 35.1 Å². The van der Waals surface area contributed by atoms with E-state index in [1.807, 2.05) is 6.07 Å². The molecule has 0 bridgehead atoms. The van der Waals surface area contributed by atoms with Crippen LogP contribution in [0.2, 0.25) is 0 Å². The fraction of sp³-hybridized carbons (Fsp3) is 0.455. The number of alkyl halides is 1. The van der Waals surface area contributed by atoms with Gasteiger partial charge in [0.2, 0.25) is 0 Å². The van der Waals surface area contributed by atoms with Crippen molar-refractivity contribution in [2.45, 2.75) is 32.1 Å². The van der Waals surface area contributed by atoms with Crippen LogP contribution in [0.5, 0.6) is 0 Å². The highest BCUT2D eigenvalue weighted by Gasteiger charge is 2.05. The first-order valence-electron chi connectivity index (χ1n) is 4.52. The SMILES string of the molecule is CCC(C)c1cc(F)cc(CCl)c1. The molecule has 0 fully saturated rings. The normalized spacial score (nSPS) is 12.9. The Balaban J connectivity index is 3.01. The van der Waals surface area contributed by atoms with E-state index in [-0.39, 0.29) is 5.82 Å². The predicted octanol–water partition coefficient (Wildman–Crippen LogP) is 4.08. The first kappa shape index (κ1) is 10.5. The van der Waals surface area contributed by atoms with Gasteiger partial charge in [-0.25, -0.2) is 4.39 Å². The molecule has 1 unspecified atom stereocenters. The first-order valence-corrected chi connectivity index (χ1v) is 5.06. The second-order valence-corrected chi connectivity index (χ2v) is 3.60. The zero-order valence-corrected chi connectivity index (χ0v) is 8.74. The van der Waals surface area contributed by atoms with Crippen LogP contribution in [0.4, 0.5) is 4.39 Å². The molecule has 13 heavy (non-hydrogen) atoms. The summed E-state index contributed by atoms with van der Waals surface area (Å²) in [6, 6.07) is 5.05. The van der Waals surface area contributed by atoms with Gasteiger partial charge in [0.05, 0.1) is 0 Å². The summed E-state index contributed by atoms with van der Waals surface area (Å²) in [5.74, 6) is 0.590. The van der Waals surface area contributed by atoms with E-state index < -0.39 is 0 Å². The average Bonchev–Trinajstić information content (AvgIpc) is 2.15. The Kier molecular flexibility index (Phi) is 3.73. The molecule has 1 atom stereocenters. The topological polar surface area (TPSA) is 0 Å². The van der Waals surface area contributed by atoms with Crippen molar-refractivity contribution in [2.24, 2.45) is 0 Å². The van der Waals surface area contributed by atoms with Gasteiger partial charge in [0.1, 0.15) is 5.82 Å². The molecule has 72 valence electrons. The summed E-state index contributed by atoms with van der Waals surface area (Å²) in [4.78, 5) is 0. The van der Waals surface area contributed by atoms with E-state index in [4.69, 9.17) is 11.6 Å². The zero-order valence-electron chi connectivity index (χ0n) is 7.98. The molecule has 0 heterocycles. The maximum Gasteiger partial charge on any atom is 0.123 e. The molecule has 0 N–H and O–H groups in total. The number of hydrogen-bond acceptors (Lipinski definition) is 0. The Morgan fingerprint density at radius 2 is 2.08 bits per heavy atom. The number of benzene rings is 1. The second-order valence-electron chi connectivity index (χ2n) is 3.34. The van der Waals surface area contributed by atoms with Gasteiger partial charge in [-0.1, -0.05) is 19.9 Å². The molecular formula is C11H14ClF. The third kappa shape index (κ3) is 2.70. The van der Waals surface area contributed by atoms with Crippen LogP contribution < -0.4 is 0 Å². The molecular weight excluding hydrogens is 187 g/mol. The van der Waals surface area contributed by atoms with E-state index in [0.29, 0.717) is 11.8 Å². The van der Waals surface area contributed by atoms with Crippen molar-refractivity contribution >= 4 is 11.6 Å². The Morgan fingerprint density at radius 3 is 2.62 bits per heavy atom. The van der Waals surface area contributed by atoms with E-state index in [2.05, 4.69) is 13.8 Å². The van der Waals surface area contributed by atoms with Gasteiger partial charge >= 0.3 is 0 Å². The monoisotopic (exact) mass is 200 g/mol. The maximum absolute atomic E-state index is 13.1. The van der Waals surface area contributed by atoms with E-state index in [1.54, 1.807) is 6.07 Å². The lowest BCUT2D eigenvalue weighted by molar-refractivity contribution is 0.618. The molecule has 2 heteroatoms. The number of rotatable bonds is 3. The highest BCUT2D eigenvalue weighted by molar-refractivity contribution is 6.17. The van der Waals surface area contributed by atoms with E-state index in [0.717, 1.165) is 17.5 Å². The largest absolute Gasteiger partial charge is 0.207 e. The van der Waals surface area contributed by atoms with Crippen molar-refractivity contribution in [1.29, 1.82) is 0 Å². The maximum atomic E-state index is 13.1. The fourth-order valence-electron chi connectivity index (χ4n) is 1.27. The van der Waals surface area contributed by atoms with Gasteiger partial charge < -0.3 is 0 Å². The van der Waals surface area contributed by atoms with Gasteiger partial charge in [-0.3, -0.25) is 0 Å². The Bertz CT molecular complexity index is 283. The summed E-state index contributed by atoms with van der Waals surface area (Å²) in [5.41, 5.74) is 1.90. The summed E-state index contributed by atoms with van der Waals surface area (Å²) in [5, 5.41) is 0. The molecule has 0 nitrogen and oxygen atoms in total. The highest BCUT2D eigenvalue weighted by atomic mass is 35.5. The Morgan fingerprint density at radius 1 is 1.38 bits per heavy atom. The van der Waals surface area contributed by atoms with Crippen molar-refractivity contribution < 1.29 is 4.39 Å². The van der Waals surface area contributed by atoms with Gasteiger partial charge in [0.15, 0.2) is 0 Å².